The topological polar surface area (TPSA) is 0 Å². The van der Waals surface area contributed by atoms with Gasteiger partial charge in [0.1, 0.15) is 0 Å². The summed E-state index contributed by atoms with van der Waals surface area (Å²) in [5.74, 6) is 0. The molecule has 0 aliphatic heterocycles. The van der Waals surface area contributed by atoms with Crippen LogP contribution in [0.15, 0.2) is 146 Å². The summed E-state index contributed by atoms with van der Waals surface area (Å²) in [5, 5.41) is 7.85. The molecule has 0 spiro atoms. The molecule has 0 heteroatoms. The fourth-order valence-electron chi connectivity index (χ4n) is 6.96. The molecule has 7 aromatic carbocycles. The lowest BCUT2D eigenvalue weighted by Crippen LogP contribution is -1.92. The van der Waals surface area contributed by atoms with Crippen molar-refractivity contribution in [3.05, 3.63) is 174 Å². The lowest BCUT2D eigenvalue weighted by atomic mass is 9.89. The van der Waals surface area contributed by atoms with Crippen LogP contribution < -0.4 is 0 Å². The molecule has 0 saturated carbocycles. The van der Waals surface area contributed by atoms with Crippen molar-refractivity contribution in [2.75, 3.05) is 0 Å². The van der Waals surface area contributed by atoms with E-state index in [9.17, 15) is 0 Å². The van der Waals surface area contributed by atoms with Crippen molar-refractivity contribution >= 4 is 37.9 Å². The standard InChI is InChI=1S/C46H40/c1-31(38-17-9-8-15-32(38)2)14-6-5-7-16-35-24-22-33(3)44(28-35)45-29-36(25-23-34(45)4)37-26-27-43-41-20-11-10-18-39(41)40-19-12-13-21-42(40)46(43)30-37/h5,7-13,15,17-30H,1,6,14,16H2,2-4H3/b7-5-. The zero-order valence-corrected chi connectivity index (χ0v) is 27.1. The molecule has 0 amide bonds. The highest BCUT2D eigenvalue weighted by atomic mass is 14.2. The molecule has 0 fully saturated rings. The Kier molecular flexibility index (Phi) is 8.12. The van der Waals surface area contributed by atoms with E-state index in [1.807, 2.05) is 0 Å². The van der Waals surface area contributed by atoms with Gasteiger partial charge in [0.05, 0.1) is 0 Å². The van der Waals surface area contributed by atoms with Crippen LogP contribution in [0.1, 0.15) is 40.7 Å². The third kappa shape index (κ3) is 5.68. The van der Waals surface area contributed by atoms with Gasteiger partial charge in [-0.25, -0.2) is 0 Å². The Bertz CT molecular complexity index is 2240. The van der Waals surface area contributed by atoms with Crippen LogP contribution in [-0.2, 0) is 6.42 Å². The Morgan fingerprint density at radius 1 is 0.500 bits per heavy atom. The average molecular weight is 593 g/mol. The van der Waals surface area contributed by atoms with Crippen LogP contribution >= 0.6 is 0 Å². The van der Waals surface area contributed by atoms with Gasteiger partial charge in [-0.05, 0) is 140 Å². The molecule has 7 rings (SSSR count). The predicted octanol–water partition coefficient (Wildman–Crippen LogP) is 13.0. The van der Waals surface area contributed by atoms with Crippen molar-refractivity contribution in [2.24, 2.45) is 0 Å². The van der Waals surface area contributed by atoms with Crippen LogP contribution in [0.5, 0.6) is 0 Å². The Morgan fingerprint density at radius 3 is 1.74 bits per heavy atom. The van der Waals surface area contributed by atoms with Gasteiger partial charge in [0, 0.05) is 0 Å². The highest BCUT2D eigenvalue weighted by Crippen LogP contribution is 2.38. The van der Waals surface area contributed by atoms with Gasteiger partial charge in [0.25, 0.3) is 0 Å². The average Bonchev–Trinajstić information content (AvgIpc) is 3.09. The zero-order valence-electron chi connectivity index (χ0n) is 27.1. The van der Waals surface area contributed by atoms with Gasteiger partial charge in [-0.1, -0.05) is 134 Å². The summed E-state index contributed by atoms with van der Waals surface area (Å²) in [6, 6.07) is 47.0. The molecule has 224 valence electrons. The van der Waals surface area contributed by atoms with Crippen LogP contribution in [0.4, 0.5) is 0 Å². The SMILES string of the molecule is C=C(CC/C=C\Cc1ccc(C)c(-c2cc(-c3ccc4c5ccccc5c5ccccc5c4c3)ccc2C)c1)c1ccccc1C. The summed E-state index contributed by atoms with van der Waals surface area (Å²) < 4.78 is 0. The van der Waals surface area contributed by atoms with Gasteiger partial charge in [0.2, 0.25) is 0 Å². The minimum absolute atomic E-state index is 0.925. The molecule has 0 saturated heterocycles. The number of benzene rings is 7. The quantitative estimate of drug-likeness (QED) is 0.122. The third-order valence-electron chi connectivity index (χ3n) is 9.57. The maximum Gasteiger partial charge on any atom is -0.00928 e. The van der Waals surface area contributed by atoms with E-state index in [0.29, 0.717) is 0 Å². The lowest BCUT2D eigenvalue weighted by molar-refractivity contribution is 1.06. The summed E-state index contributed by atoms with van der Waals surface area (Å²) in [7, 11) is 0. The summed E-state index contributed by atoms with van der Waals surface area (Å²) >= 11 is 0. The van der Waals surface area contributed by atoms with E-state index in [1.165, 1.54) is 88.0 Å². The van der Waals surface area contributed by atoms with Crippen molar-refractivity contribution in [3.8, 4) is 22.3 Å². The van der Waals surface area contributed by atoms with Crippen molar-refractivity contribution in [2.45, 2.75) is 40.0 Å². The molecule has 46 heavy (non-hydrogen) atoms. The van der Waals surface area contributed by atoms with Crippen LogP contribution in [0.2, 0.25) is 0 Å². The van der Waals surface area contributed by atoms with Crippen molar-refractivity contribution in [3.63, 3.8) is 0 Å². The number of hydrogen-bond acceptors (Lipinski definition) is 0. The number of allylic oxidation sites excluding steroid dienone is 3. The maximum absolute atomic E-state index is 4.34. The number of rotatable bonds is 8. The first-order valence-electron chi connectivity index (χ1n) is 16.4. The predicted molar refractivity (Wildman–Crippen MR) is 202 cm³/mol. The summed E-state index contributed by atoms with van der Waals surface area (Å²) in [6.07, 6.45) is 7.53. The normalized spacial score (nSPS) is 11.6. The zero-order chi connectivity index (χ0) is 31.6. The molecule has 0 nitrogen and oxygen atoms in total. The van der Waals surface area contributed by atoms with Crippen LogP contribution in [-0.4, -0.2) is 0 Å². The maximum atomic E-state index is 4.34. The Hall–Kier alpha value is -5.20. The van der Waals surface area contributed by atoms with Crippen molar-refractivity contribution in [1.82, 2.24) is 0 Å². The number of fused-ring (bicyclic) bond motifs is 6. The molecule has 0 aliphatic carbocycles. The van der Waals surface area contributed by atoms with Gasteiger partial charge in [-0.2, -0.15) is 0 Å². The smallest absolute Gasteiger partial charge is 0.00928 e. The minimum Gasteiger partial charge on any atom is -0.0952 e. The molecule has 0 aromatic heterocycles. The van der Waals surface area contributed by atoms with Crippen molar-refractivity contribution < 1.29 is 0 Å². The van der Waals surface area contributed by atoms with E-state index in [2.05, 4.69) is 167 Å². The Morgan fingerprint density at radius 2 is 1.04 bits per heavy atom. The molecule has 0 heterocycles. The fraction of sp³-hybridized carbons (Fsp3) is 0.130. The molecule has 0 N–H and O–H groups in total. The van der Waals surface area contributed by atoms with Crippen LogP contribution in [0.25, 0.3) is 60.1 Å². The highest BCUT2D eigenvalue weighted by molar-refractivity contribution is 6.25. The Labute approximate surface area is 273 Å². The first-order chi connectivity index (χ1) is 22.5. The first-order valence-corrected chi connectivity index (χ1v) is 16.4. The van der Waals surface area contributed by atoms with Crippen molar-refractivity contribution in [1.29, 1.82) is 0 Å². The second-order valence-corrected chi connectivity index (χ2v) is 12.7. The summed E-state index contributed by atoms with van der Waals surface area (Å²) in [5.41, 5.74) is 12.8. The van der Waals surface area contributed by atoms with Gasteiger partial charge >= 0.3 is 0 Å². The number of hydrogen-bond donors (Lipinski definition) is 0. The number of aryl methyl sites for hydroxylation is 3. The van der Waals surface area contributed by atoms with Gasteiger partial charge in [-0.3, -0.25) is 0 Å². The molecule has 0 atom stereocenters. The van der Waals surface area contributed by atoms with E-state index in [1.54, 1.807) is 0 Å². The molecular weight excluding hydrogens is 553 g/mol. The summed E-state index contributed by atoms with van der Waals surface area (Å²) in [4.78, 5) is 0. The first kappa shape index (κ1) is 29.5. The van der Waals surface area contributed by atoms with E-state index < -0.39 is 0 Å². The van der Waals surface area contributed by atoms with E-state index in [-0.39, 0.29) is 0 Å². The monoisotopic (exact) mass is 592 g/mol. The summed E-state index contributed by atoms with van der Waals surface area (Å²) in [6.45, 7) is 11.0. The fourth-order valence-corrected chi connectivity index (χ4v) is 6.96. The second kappa shape index (κ2) is 12.7. The molecule has 0 bridgehead atoms. The van der Waals surface area contributed by atoms with Gasteiger partial charge < -0.3 is 0 Å². The van der Waals surface area contributed by atoms with E-state index >= 15 is 0 Å². The second-order valence-electron chi connectivity index (χ2n) is 12.7. The van der Waals surface area contributed by atoms with E-state index in [4.69, 9.17) is 0 Å². The Balaban J connectivity index is 1.16. The van der Waals surface area contributed by atoms with Crippen LogP contribution in [0.3, 0.4) is 0 Å². The highest BCUT2D eigenvalue weighted by Gasteiger charge is 2.12. The largest absolute Gasteiger partial charge is 0.0952 e. The molecular formula is C46H40. The van der Waals surface area contributed by atoms with Crippen LogP contribution in [0, 0.1) is 20.8 Å². The minimum atomic E-state index is 0.925. The van der Waals surface area contributed by atoms with Gasteiger partial charge in [-0.15, -0.1) is 0 Å². The van der Waals surface area contributed by atoms with Gasteiger partial charge in [0.15, 0.2) is 0 Å². The molecule has 0 unspecified atom stereocenters. The van der Waals surface area contributed by atoms with E-state index in [0.717, 1.165) is 19.3 Å². The molecule has 7 aromatic rings. The molecule has 0 radical (unpaired) electrons. The molecule has 0 aliphatic rings. The lowest BCUT2D eigenvalue weighted by Gasteiger charge is -2.15. The third-order valence-corrected chi connectivity index (χ3v) is 9.57.